The van der Waals surface area contributed by atoms with E-state index in [2.05, 4.69) is 22.2 Å². The second-order valence-corrected chi connectivity index (χ2v) is 7.82. The van der Waals surface area contributed by atoms with Crippen molar-refractivity contribution in [2.75, 3.05) is 59.4 Å². The molecule has 1 unspecified atom stereocenters. The highest BCUT2D eigenvalue weighted by atomic mass is 16.6. The molecule has 6 nitrogen and oxygen atoms in total. The zero-order valence-corrected chi connectivity index (χ0v) is 15.3. The van der Waals surface area contributed by atoms with Crippen molar-refractivity contribution in [3.63, 3.8) is 0 Å². The van der Waals surface area contributed by atoms with Gasteiger partial charge in [-0.3, -0.25) is 4.90 Å². The highest BCUT2D eigenvalue weighted by Crippen LogP contribution is 2.20. The SMILES string of the molecule is CN1CCN(CCNCC2CCCN2C(=O)OC(C)(C)C)CC1. The Morgan fingerprint density at radius 3 is 2.52 bits per heavy atom. The maximum atomic E-state index is 12.2. The molecular formula is C17H34N4O2. The van der Waals surface area contributed by atoms with Gasteiger partial charge in [0.25, 0.3) is 0 Å². The van der Waals surface area contributed by atoms with E-state index in [9.17, 15) is 4.79 Å². The summed E-state index contributed by atoms with van der Waals surface area (Å²) >= 11 is 0. The first-order valence-corrected chi connectivity index (χ1v) is 8.96. The monoisotopic (exact) mass is 326 g/mol. The van der Waals surface area contributed by atoms with Crippen LogP contribution in [0.5, 0.6) is 0 Å². The molecule has 0 radical (unpaired) electrons. The molecule has 0 aromatic heterocycles. The molecule has 2 aliphatic heterocycles. The molecule has 0 saturated carbocycles. The van der Waals surface area contributed by atoms with Crippen LogP contribution in [0.4, 0.5) is 4.79 Å². The maximum Gasteiger partial charge on any atom is 0.410 e. The van der Waals surface area contributed by atoms with Crippen LogP contribution < -0.4 is 5.32 Å². The lowest BCUT2D eigenvalue weighted by Crippen LogP contribution is -2.48. The molecule has 0 bridgehead atoms. The van der Waals surface area contributed by atoms with E-state index < -0.39 is 5.60 Å². The number of likely N-dealkylation sites (tertiary alicyclic amines) is 1. The van der Waals surface area contributed by atoms with Gasteiger partial charge in [0, 0.05) is 58.4 Å². The Morgan fingerprint density at radius 2 is 1.87 bits per heavy atom. The standard InChI is InChI=1S/C17H34N4O2/c1-17(2,3)23-16(22)21-8-5-6-15(21)14-18-7-9-20-12-10-19(4)11-13-20/h15,18H,5-14H2,1-4H3. The van der Waals surface area contributed by atoms with Crippen molar-refractivity contribution < 1.29 is 9.53 Å². The molecule has 0 aliphatic carbocycles. The minimum Gasteiger partial charge on any atom is -0.444 e. The number of carbonyl (C=O) groups excluding carboxylic acids is 1. The summed E-state index contributed by atoms with van der Waals surface area (Å²) in [6.07, 6.45) is 1.98. The predicted molar refractivity (Wildman–Crippen MR) is 92.8 cm³/mol. The Morgan fingerprint density at radius 1 is 1.17 bits per heavy atom. The highest BCUT2D eigenvalue weighted by Gasteiger charge is 2.31. The van der Waals surface area contributed by atoms with E-state index in [0.717, 1.165) is 65.2 Å². The van der Waals surface area contributed by atoms with Crippen LogP contribution in [0.2, 0.25) is 0 Å². The third-order valence-electron chi connectivity index (χ3n) is 4.59. The Hall–Kier alpha value is -0.850. The second kappa shape index (κ2) is 8.31. The normalized spacial score (nSPS) is 24.2. The van der Waals surface area contributed by atoms with Gasteiger partial charge in [-0.25, -0.2) is 4.79 Å². The summed E-state index contributed by atoms with van der Waals surface area (Å²) in [5, 5.41) is 3.53. The van der Waals surface area contributed by atoms with Crippen molar-refractivity contribution in [2.45, 2.75) is 45.3 Å². The van der Waals surface area contributed by atoms with Crippen LogP contribution >= 0.6 is 0 Å². The molecule has 1 amide bonds. The average Bonchev–Trinajstić information content (AvgIpc) is 2.92. The number of amides is 1. The molecule has 6 heteroatoms. The summed E-state index contributed by atoms with van der Waals surface area (Å²) in [4.78, 5) is 19.0. The fraction of sp³-hybridized carbons (Fsp3) is 0.941. The molecule has 2 heterocycles. The number of rotatable bonds is 5. The minimum atomic E-state index is -0.418. The van der Waals surface area contributed by atoms with Crippen molar-refractivity contribution in [1.29, 1.82) is 0 Å². The van der Waals surface area contributed by atoms with Crippen LogP contribution in [0.25, 0.3) is 0 Å². The zero-order chi connectivity index (χ0) is 16.9. The van der Waals surface area contributed by atoms with E-state index in [4.69, 9.17) is 4.74 Å². The minimum absolute atomic E-state index is 0.166. The fourth-order valence-corrected chi connectivity index (χ4v) is 3.19. The van der Waals surface area contributed by atoms with Gasteiger partial charge in [0.1, 0.15) is 5.60 Å². The van der Waals surface area contributed by atoms with Crippen molar-refractivity contribution in [2.24, 2.45) is 0 Å². The number of carbonyl (C=O) groups is 1. The average molecular weight is 326 g/mol. The third kappa shape index (κ3) is 6.28. The number of hydrogen-bond acceptors (Lipinski definition) is 5. The first-order chi connectivity index (χ1) is 10.8. The molecule has 134 valence electrons. The van der Waals surface area contributed by atoms with E-state index in [1.165, 1.54) is 0 Å². The van der Waals surface area contributed by atoms with Crippen LogP contribution in [0.1, 0.15) is 33.6 Å². The lowest BCUT2D eigenvalue weighted by molar-refractivity contribution is 0.0226. The van der Waals surface area contributed by atoms with E-state index in [-0.39, 0.29) is 12.1 Å². The molecular weight excluding hydrogens is 292 g/mol. The van der Waals surface area contributed by atoms with Crippen LogP contribution in [-0.2, 0) is 4.74 Å². The summed E-state index contributed by atoms with van der Waals surface area (Å²) in [7, 11) is 2.18. The van der Waals surface area contributed by atoms with E-state index in [1.807, 2.05) is 25.7 Å². The molecule has 23 heavy (non-hydrogen) atoms. The Kier molecular flexibility index (Phi) is 6.68. The second-order valence-electron chi connectivity index (χ2n) is 7.82. The topological polar surface area (TPSA) is 48.0 Å². The Balaban J connectivity index is 1.65. The van der Waals surface area contributed by atoms with Crippen molar-refractivity contribution in [1.82, 2.24) is 20.0 Å². The van der Waals surface area contributed by atoms with Gasteiger partial charge in [-0.2, -0.15) is 0 Å². The molecule has 1 atom stereocenters. The van der Waals surface area contributed by atoms with Gasteiger partial charge < -0.3 is 19.9 Å². The van der Waals surface area contributed by atoms with Gasteiger partial charge in [0.15, 0.2) is 0 Å². The van der Waals surface area contributed by atoms with Gasteiger partial charge in [-0.15, -0.1) is 0 Å². The number of hydrogen-bond donors (Lipinski definition) is 1. The summed E-state index contributed by atoms with van der Waals surface area (Å²) in [5.41, 5.74) is -0.418. The molecule has 1 N–H and O–H groups in total. The summed E-state index contributed by atoms with van der Waals surface area (Å²) in [5.74, 6) is 0. The first kappa shape index (κ1) is 18.5. The highest BCUT2D eigenvalue weighted by molar-refractivity contribution is 5.69. The van der Waals surface area contributed by atoms with Gasteiger partial charge in [-0.05, 0) is 40.7 Å². The van der Waals surface area contributed by atoms with Gasteiger partial charge in [-0.1, -0.05) is 0 Å². The molecule has 2 saturated heterocycles. The van der Waals surface area contributed by atoms with Crippen LogP contribution in [0, 0.1) is 0 Å². The van der Waals surface area contributed by atoms with Crippen molar-refractivity contribution in [3.8, 4) is 0 Å². The first-order valence-electron chi connectivity index (χ1n) is 8.96. The third-order valence-corrected chi connectivity index (χ3v) is 4.59. The predicted octanol–water partition coefficient (Wildman–Crippen LogP) is 1.22. The van der Waals surface area contributed by atoms with Gasteiger partial charge in [0.05, 0.1) is 0 Å². The van der Waals surface area contributed by atoms with Crippen LogP contribution in [-0.4, -0.2) is 91.8 Å². The van der Waals surface area contributed by atoms with Crippen molar-refractivity contribution >= 4 is 6.09 Å². The molecule has 2 rings (SSSR count). The Labute approximate surface area is 141 Å². The van der Waals surface area contributed by atoms with Crippen molar-refractivity contribution in [3.05, 3.63) is 0 Å². The van der Waals surface area contributed by atoms with E-state index >= 15 is 0 Å². The molecule has 0 aromatic carbocycles. The number of nitrogens with zero attached hydrogens (tertiary/aromatic N) is 3. The van der Waals surface area contributed by atoms with Gasteiger partial charge >= 0.3 is 6.09 Å². The molecule has 0 aromatic rings. The lowest BCUT2D eigenvalue weighted by atomic mass is 10.2. The summed E-state index contributed by atoms with van der Waals surface area (Å²) in [6, 6.07) is 0.275. The lowest BCUT2D eigenvalue weighted by Gasteiger charge is -2.32. The molecule has 0 spiro atoms. The smallest absolute Gasteiger partial charge is 0.410 e. The molecule has 2 fully saturated rings. The number of nitrogens with one attached hydrogen (secondary N) is 1. The van der Waals surface area contributed by atoms with E-state index in [1.54, 1.807) is 0 Å². The largest absolute Gasteiger partial charge is 0.444 e. The zero-order valence-electron chi connectivity index (χ0n) is 15.3. The van der Waals surface area contributed by atoms with Gasteiger partial charge in [0.2, 0.25) is 0 Å². The number of likely N-dealkylation sites (N-methyl/N-ethyl adjacent to an activating group) is 1. The number of piperazine rings is 1. The maximum absolute atomic E-state index is 12.2. The number of ether oxygens (including phenoxy) is 1. The summed E-state index contributed by atoms with van der Waals surface area (Å²) < 4.78 is 5.51. The quantitative estimate of drug-likeness (QED) is 0.770. The molecule has 2 aliphatic rings. The van der Waals surface area contributed by atoms with E-state index in [0.29, 0.717) is 0 Å². The van der Waals surface area contributed by atoms with Crippen LogP contribution in [0.3, 0.4) is 0 Å². The summed E-state index contributed by atoms with van der Waals surface area (Å²) in [6.45, 7) is 14.2. The van der Waals surface area contributed by atoms with Crippen LogP contribution in [0.15, 0.2) is 0 Å². The fourth-order valence-electron chi connectivity index (χ4n) is 3.19. The Bertz CT molecular complexity index is 375.